The van der Waals surface area contributed by atoms with Gasteiger partial charge in [-0.25, -0.2) is 9.79 Å². The average Bonchev–Trinajstić information content (AvgIpc) is 3.61. The van der Waals surface area contributed by atoms with Crippen LogP contribution in [0.25, 0.3) is 17.4 Å². The van der Waals surface area contributed by atoms with Gasteiger partial charge in [0.2, 0.25) is 0 Å². The first-order valence-corrected chi connectivity index (χ1v) is 14.1. The standard InChI is InChI=1S/C33H25N3O6S/c1-19-28(30(37)35-23-8-4-3-5-9-23)29(22-7-6-10-24(17-22)41-2)36-31(38)27(43-33(36)34-19)18-25-15-16-26(42-25)20-11-13-21(14-12-20)32(39)40/h3-18,29H,1-2H3,(H,35,37)(H,39,40)/b27-18-/t29-/m0/s1. The fraction of sp³-hybridized carbons (Fsp3) is 0.0909. The number of amides is 1. The third kappa shape index (κ3) is 5.43. The predicted molar refractivity (Wildman–Crippen MR) is 163 cm³/mol. The quantitative estimate of drug-likeness (QED) is 0.279. The summed E-state index contributed by atoms with van der Waals surface area (Å²) in [4.78, 5) is 44.0. The van der Waals surface area contributed by atoms with Crippen LogP contribution in [0.4, 0.5) is 5.69 Å². The van der Waals surface area contributed by atoms with Gasteiger partial charge in [0.1, 0.15) is 17.3 Å². The van der Waals surface area contributed by atoms with E-state index in [1.807, 2.05) is 36.4 Å². The minimum Gasteiger partial charge on any atom is -0.497 e. The summed E-state index contributed by atoms with van der Waals surface area (Å²) in [6.45, 7) is 1.76. The number of anilines is 1. The summed E-state index contributed by atoms with van der Waals surface area (Å²) in [6.07, 6.45) is 1.64. The van der Waals surface area contributed by atoms with Crippen molar-refractivity contribution >= 4 is 35.0 Å². The van der Waals surface area contributed by atoms with Gasteiger partial charge in [-0.05, 0) is 61.0 Å². The van der Waals surface area contributed by atoms with Crippen molar-refractivity contribution < 1.29 is 23.8 Å². The fourth-order valence-corrected chi connectivity index (χ4v) is 5.98. The Hall–Kier alpha value is -5.48. The molecule has 0 bridgehead atoms. The molecule has 10 heteroatoms. The number of carboxylic acids is 1. The summed E-state index contributed by atoms with van der Waals surface area (Å²) in [7, 11) is 1.56. The van der Waals surface area contributed by atoms with Gasteiger partial charge in [-0.1, -0.05) is 53.8 Å². The van der Waals surface area contributed by atoms with E-state index in [0.29, 0.717) is 54.7 Å². The summed E-state index contributed by atoms with van der Waals surface area (Å²) >= 11 is 1.20. The van der Waals surface area contributed by atoms with Crippen molar-refractivity contribution in [3.63, 3.8) is 0 Å². The molecule has 1 aliphatic heterocycles. The SMILES string of the molecule is COc1cccc([C@H]2C(C(=O)Nc3ccccc3)=C(C)N=c3s/c(=C\c4ccc(-c5ccc(C(=O)O)cc5)o4)c(=O)n32)c1. The van der Waals surface area contributed by atoms with E-state index >= 15 is 0 Å². The number of carbonyl (C=O) groups is 2. The Morgan fingerprint density at radius 1 is 1.02 bits per heavy atom. The number of allylic oxidation sites excluding steroid dienone is 1. The smallest absolute Gasteiger partial charge is 0.335 e. The third-order valence-corrected chi connectivity index (χ3v) is 8.01. The number of carboxylic acid groups (broad SMARTS) is 1. The molecule has 9 nitrogen and oxygen atoms in total. The number of carbonyl (C=O) groups excluding carboxylic acids is 1. The van der Waals surface area contributed by atoms with E-state index in [0.717, 1.165) is 0 Å². The highest BCUT2D eigenvalue weighted by molar-refractivity contribution is 7.07. The number of thiazole rings is 1. The van der Waals surface area contributed by atoms with Crippen LogP contribution in [-0.2, 0) is 4.79 Å². The summed E-state index contributed by atoms with van der Waals surface area (Å²) in [6, 6.07) is 25.5. The van der Waals surface area contributed by atoms with Gasteiger partial charge >= 0.3 is 5.97 Å². The molecule has 0 spiro atoms. The Labute approximate surface area is 249 Å². The molecule has 1 amide bonds. The molecule has 1 atom stereocenters. The average molecular weight is 592 g/mol. The normalized spacial score (nSPS) is 14.7. The Kier molecular flexibility index (Phi) is 7.35. The maximum absolute atomic E-state index is 14.0. The molecule has 0 saturated heterocycles. The summed E-state index contributed by atoms with van der Waals surface area (Å²) in [5.74, 6) is 0.195. The number of aromatic nitrogens is 1. The fourth-order valence-electron chi connectivity index (χ4n) is 4.95. The molecular weight excluding hydrogens is 566 g/mol. The molecule has 1 aliphatic rings. The number of hydrogen-bond donors (Lipinski definition) is 2. The highest BCUT2D eigenvalue weighted by Gasteiger charge is 2.32. The van der Waals surface area contributed by atoms with Crippen molar-refractivity contribution in [1.82, 2.24) is 4.57 Å². The number of rotatable bonds is 7. The number of para-hydroxylation sites is 1. The van der Waals surface area contributed by atoms with E-state index in [9.17, 15) is 14.4 Å². The molecule has 2 aromatic heterocycles. The first-order chi connectivity index (χ1) is 20.8. The second kappa shape index (κ2) is 11.4. The van der Waals surface area contributed by atoms with Crippen molar-refractivity contribution in [3.8, 4) is 17.1 Å². The monoisotopic (exact) mass is 591 g/mol. The van der Waals surface area contributed by atoms with E-state index in [-0.39, 0.29) is 17.0 Å². The number of methoxy groups -OCH3 is 1. The van der Waals surface area contributed by atoms with Crippen LogP contribution in [0.15, 0.2) is 116 Å². The lowest BCUT2D eigenvalue weighted by atomic mass is 9.95. The number of nitrogens with zero attached hydrogens (tertiary/aromatic N) is 2. The number of fused-ring (bicyclic) bond motifs is 1. The van der Waals surface area contributed by atoms with Crippen LogP contribution in [-0.4, -0.2) is 28.7 Å². The van der Waals surface area contributed by atoms with E-state index in [1.165, 1.54) is 28.0 Å². The molecule has 3 aromatic carbocycles. The Bertz CT molecular complexity index is 2070. The van der Waals surface area contributed by atoms with Crippen LogP contribution >= 0.6 is 11.3 Å². The van der Waals surface area contributed by atoms with Crippen LogP contribution in [0.5, 0.6) is 5.75 Å². The Morgan fingerprint density at radius 2 is 1.79 bits per heavy atom. The second-order valence-electron chi connectivity index (χ2n) is 9.76. The molecule has 0 aliphatic carbocycles. The topological polar surface area (TPSA) is 123 Å². The highest BCUT2D eigenvalue weighted by atomic mass is 32.1. The first-order valence-electron chi connectivity index (χ1n) is 13.3. The minimum atomic E-state index is -1.01. The molecule has 6 rings (SSSR count). The van der Waals surface area contributed by atoms with Gasteiger partial charge in [0.05, 0.1) is 34.5 Å². The van der Waals surface area contributed by atoms with Gasteiger partial charge in [0.25, 0.3) is 11.5 Å². The van der Waals surface area contributed by atoms with E-state index in [2.05, 4.69) is 10.3 Å². The van der Waals surface area contributed by atoms with Crippen LogP contribution in [0.2, 0.25) is 0 Å². The summed E-state index contributed by atoms with van der Waals surface area (Å²) in [5, 5.41) is 12.1. The van der Waals surface area contributed by atoms with Gasteiger partial charge in [-0.15, -0.1) is 0 Å². The molecule has 0 fully saturated rings. The number of aromatic carboxylic acids is 1. The van der Waals surface area contributed by atoms with Crippen molar-refractivity contribution in [3.05, 3.63) is 139 Å². The number of hydrogen-bond acceptors (Lipinski definition) is 7. The molecule has 214 valence electrons. The van der Waals surface area contributed by atoms with Crippen molar-refractivity contribution in [2.24, 2.45) is 4.99 Å². The van der Waals surface area contributed by atoms with Crippen LogP contribution in [0.3, 0.4) is 0 Å². The molecular formula is C33H25N3O6S. The lowest BCUT2D eigenvalue weighted by Gasteiger charge is -2.25. The molecule has 2 N–H and O–H groups in total. The first kappa shape index (κ1) is 27.7. The Balaban J connectivity index is 1.43. The number of furan rings is 1. The van der Waals surface area contributed by atoms with E-state index in [4.69, 9.17) is 14.3 Å². The molecule has 0 radical (unpaired) electrons. The lowest BCUT2D eigenvalue weighted by Crippen LogP contribution is -2.40. The molecule has 5 aromatic rings. The van der Waals surface area contributed by atoms with Gasteiger partial charge in [-0.3, -0.25) is 14.2 Å². The zero-order valence-corrected chi connectivity index (χ0v) is 23.9. The lowest BCUT2D eigenvalue weighted by molar-refractivity contribution is -0.113. The van der Waals surface area contributed by atoms with Crippen LogP contribution in [0, 0.1) is 0 Å². The largest absolute Gasteiger partial charge is 0.497 e. The van der Waals surface area contributed by atoms with Gasteiger partial charge in [0, 0.05) is 17.3 Å². The molecule has 3 heterocycles. The number of ether oxygens (including phenoxy) is 1. The van der Waals surface area contributed by atoms with Gasteiger partial charge in [0.15, 0.2) is 4.80 Å². The van der Waals surface area contributed by atoms with Crippen molar-refractivity contribution in [1.29, 1.82) is 0 Å². The number of benzene rings is 3. The zero-order valence-electron chi connectivity index (χ0n) is 23.1. The van der Waals surface area contributed by atoms with Crippen LogP contribution in [0.1, 0.15) is 34.6 Å². The van der Waals surface area contributed by atoms with Crippen molar-refractivity contribution in [2.45, 2.75) is 13.0 Å². The maximum Gasteiger partial charge on any atom is 0.335 e. The third-order valence-electron chi connectivity index (χ3n) is 7.02. The van der Waals surface area contributed by atoms with E-state index < -0.39 is 12.0 Å². The second-order valence-corrected chi connectivity index (χ2v) is 10.8. The molecule has 0 unspecified atom stereocenters. The molecule has 0 saturated carbocycles. The van der Waals surface area contributed by atoms with Crippen LogP contribution < -0.4 is 24.9 Å². The summed E-state index contributed by atoms with van der Waals surface area (Å²) in [5.41, 5.74) is 2.73. The maximum atomic E-state index is 14.0. The van der Waals surface area contributed by atoms with E-state index in [1.54, 1.807) is 62.6 Å². The van der Waals surface area contributed by atoms with Crippen molar-refractivity contribution in [2.75, 3.05) is 12.4 Å². The summed E-state index contributed by atoms with van der Waals surface area (Å²) < 4.78 is 13.3. The van der Waals surface area contributed by atoms with Gasteiger partial charge in [-0.2, -0.15) is 0 Å². The number of nitrogens with one attached hydrogen (secondary N) is 1. The predicted octanol–water partition coefficient (Wildman–Crippen LogP) is 4.84. The minimum absolute atomic E-state index is 0.175. The highest BCUT2D eigenvalue weighted by Crippen LogP contribution is 2.32. The molecule has 43 heavy (non-hydrogen) atoms. The van der Waals surface area contributed by atoms with Gasteiger partial charge < -0.3 is 19.6 Å². The Morgan fingerprint density at radius 3 is 2.51 bits per heavy atom. The zero-order chi connectivity index (χ0) is 30.1.